The van der Waals surface area contributed by atoms with Crippen LogP contribution in [0.3, 0.4) is 0 Å². The van der Waals surface area contributed by atoms with Crippen molar-refractivity contribution >= 4 is 21.7 Å². The molecular weight excluding hydrogens is 322 g/mol. The molecule has 1 aromatic carbocycles. The van der Waals surface area contributed by atoms with Crippen LogP contribution in [-0.4, -0.2) is 36.7 Å². The van der Waals surface area contributed by atoms with Crippen LogP contribution in [0.1, 0.15) is 23.2 Å². The molecule has 0 spiro atoms. The molecule has 1 aliphatic rings. The predicted molar refractivity (Wildman–Crippen MR) is 81.7 cm³/mol. The van der Waals surface area contributed by atoms with E-state index in [1.807, 2.05) is 26.2 Å². The number of unbranched alkanes of at least 4 members (excludes halogenated alkanes) is 1. The Bertz CT molecular complexity index is 526. The van der Waals surface area contributed by atoms with E-state index in [1.165, 1.54) is 0 Å². The molecule has 0 bridgehead atoms. The number of ether oxygens (including phenoxy) is 2. The SMILES string of the molecule is CN(C)/C=C1\Oc2cccc(OCCCCBr)c2C1=O. The van der Waals surface area contributed by atoms with E-state index >= 15 is 0 Å². The lowest BCUT2D eigenvalue weighted by Crippen LogP contribution is -2.09. The Hall–Kier alpha value is -1.49. The fraction of sp³-hybridized carbons (Fsp3) is 0.400. The molecule has 0 saturated heterocycles. The van der Waals surface area contributed by atoms with Crippen LogP contribution in [0.4, 0.5) is 0 Å². The van der Waals surface area contributed by atoms with Crippen LogP contribution in [0.25, 0.3) is 0 Å². The fourth-order valence-corrected chi connectivity index (χ4v) is 2.32. The summed E-state index contributed by atoms with van der Waals surface area (Å²) in [4.78, 5) is 14.1. The molecule has 0 saturated carbocycles. The number of allylic oxidation sites excluding steroid dienone is 1. The van der Waals surface area contributed by atoms with Gasteiger partial charge in [-0.2, -0.15) is 0 Å². The molecule has 0 atom stereocenters. The van der Waals surface area contributed by atoms with Gasteiger partial charge >= 0.3 is 0 Å². The summed E-state index contributed by atoms with van der Waals surface area (Å²) in [6.45, 7) is 0.599. The van der Waals surface area contributed by atoms with Crippen LogP contribution in [0.5, 0.6) is 11.5 Å². The maximum atomic E-state index is 12.3. The average Bonchev–Trinajstić information content (AvgIpc) is 2.72. The van der Waals surface area contributed by atoms with E-state index in [2.05, 4.69) is 15.9 Å². The van der Waals surface area contributed by atoms with Gasteiger partial charge in [0.2, 0.25) is 5.78 Å². The minimum Gasteiger partial charge on any atom is -0.493 e. The molecule has 1 heterocycles. The van der Waals surface area contributed by atoms with Crippen molar-refractivity contribution in [1.82, 2.24) is 4.90 Å². The highest BCUT2D eigenvalue weighted by atomic mass is 79.9. The third-order valence-electron chi connectivity index (χ3n) is 2.82. The summed E-state index contributed by atoms with van der Waals surface area (Å²) < 4.78 is 11.3. The molecule has 0 radical (unpaired) electrons. The molecular formula is C15H18BrNO3. The summed E-state index contributed by atoms with van der Waals surface area (Å²) in [6.07, 6.45) is 3.67. The molecule has 4 nitrogen and oxygen atoms in total. The highest BCUT2D eigenvalue weighted by molar-refractivity contribution is 9.09. The Balaban J connectivity index is 2.16. The Kier molecular flexibility index (Phi) is 5.06. The number of Topliss-reactive ketones (excluding diaryl/α,β-unsaturated/α-hetero) is 1. The van der Waals surface area contributed by atoms with E-state index in [1.54, 1.807) is 17.2 Å². The summed E-state index contributed by atoms with van der Waals surface area (Å²) in [6, 6.07) is 5.44. The molecule has 0 fully saturated rings. The number of ketones is 1. The first kappa shape index (κ1) is 14.9. The zero-order valence-corrected chi connectivity index (χ0v) is 13.3. The monoisotopic (exact) mass is 339 g/mol. The first-order valence-electron chi connectivity index (χ1n) is 6.56. The Morgan fingerprint density at radius 3 is 2.85 bits per heavy atom. The number of carbonyl (C=O) groups is 1. The highest BCUT2D eigenvalue weighted by Crippen LogP contribution is 2.37. The van der Waals surface area contributed by atoms with E-state index in [9.17, 15) is 4.79 Å². The maximum absolute atomic E-state index is 12.3. The quantitative estimate of drug-likeness (QED) is 0.453. The van der Waals surface area contributed by atoms with Crippen LogP contribution < -0.4 is 9.47 Å². The van der Waals surface area contributed by atoms with E-state index < -0.39 is 0 Å². The van der Waals surface area contributed by atoms with Crippen LogP contribution in [0.15, 0.2) is 30.2 Å². The second-order valence-corrected chi connectivity index (χ2v) is 5.55. The van der Waals surface area contributed by atoms with Gasteiger partial charge in [-0.3, -0.25) is 4.79 Å². The van der Waals surface area contributed by atoms with Gasteiger partial charge in [-0.15, -0.1) is 0 Å². The van der Waals surface area contributed by atoms with Gasteiger partial charge in [0.25, 0.3) is 0 Å². The minimum atomic E-state index is -0.121. The van der Waals surface area contributed by atoms with Crippen LogP contribution in [0.2, 0.25) is 0 Å². The van der Waals surface area contributed by atoms with Crippen molar-refractivity contribution in [3.8, 4) is 11.5 Å². The van der Waals surface area contributed by atoms with Crippen molar-refractivity contribution in [1.29, 1.82) is 0 Å². The Morgan fingerprint density at radius 1 is 1.35 bits per heavy atom. The van der Waals surface area contributed by atoms with Gasteiger partial charge in [0.1, 0.15) is 17.1 Å². The minimum absolute atomic E-state index is 0.121. The summed E-state index contributed by atoms with van der Waals surface area (Å²) in [5.41, 5.74) is 0.527. The standard InChI is InChI=1S/C15H18BrNO3/c1-17(2)10-13-15(18)14-11(19-9-4-3-8-16)6-5-7-12(14)20-13/h5-7,10H,3-4,8-9H2,1-2H3/b13-10-. The average molecular weight is 340 g/mol. The van der Waals surface area contributed by atoms with Crippen molar-refractivity contribution in [2.45, 2.75) is 12.8 Å². The van der Waals surface area contributed by atoms with Crippen LogP contribution >= 0.6 is 15.9 Å². The molecule has 0 aromatic heterocycles. The molecule has 1 aliphatic heterocycles. The largest absolute Gasteiger partial charge is 0.493 e. The molecule has 5 heteroatoms. The van der Waals surface area contributed by atoms with E-state index in [0.717, 1.165) is 18.2 Å². The number of nitrogens with zero attached hydrogens (tertiary/aromatic N) is 1. The number of carbonyl (C=O) groups excluding carboxylic acids is 1. The molecule has 0 N–H and O–H groups in total. The van der Waals surface area contributed by atoms with Crippen molar-refractivity contribution in [3.05, 3.63) is 35.7 Å². The second kappa shape index (κ2) is 6.79. The van der Waals surface area contributed by atoms with Gasteiger partial charge in [-0.1, -0.05) is 22.0 Å². The van der Waals surface area contributed by atoms with E-state index in [4.69, 9.17) is 9.47 Å². The molecule has 108 valence electrons. The number of fused-ring (bicyclic) bond motifs is 1. The zero-order valence-electron chi connectivity index (χ0n) is 11.7. The first-order chi connectivity index (χ1) is 9.63. The third kappa shape index (κ3) is 3.33. The number of hydrogen-bond acceptors (Lipinski definition) is 4. The van der Waals surface area contributed by atoms with Gasteiger partial charge in [-0.05, 0) is 25.0 Å². The van der Waals surface area contributed by atoms with Gasteiger partial charge < -0.3 is 14.4 Å². The highest BCUT2D eigenvalue weighted by Gasteiger charge is 2.31. The second-order valence-electron chi connectivity index (χ2n) is 4.76. The third-order valence-corrected chi connectivity index (χ3v) is 3.38. The topological polar surface area (TPSA) is 38.8 Å². The number of benzene rings is 1. The number of halogens is 1. The lowest BCUT2D eigenvalue weighted by atomic mass is 10.1. The summed E-state index contributed by atoms with van der Waals surface area (Å²) in [7, 11) is 3.70. The Morgan fingerprint density at radius 2 is 2.15 bits per heavy atom. The van der Waals surface area contributed by atoms with E-state index in [-0.39, 0.29) is 5.78 Å². The van der Waals surface area contributed by atoms with Gasteiger partial charge in [0, 0.05) is 25.6 Å². The molecule has 1 aromatic rings. The van der Waals surface area contributed by atoms with Crippen molar-refractivity contribution < 1.29 is 14.3 Å². The fourth-order valence-electron chi connectivity index (χ4n) is 1.93. The van der Waals surface area contributed by atoms with Crippen LogP contribution in [0, 0.1) is 0 Å². The van der Waals surface area contributed by atoms with Gasteiger partial charge in [0.05, 0.1) is 6.61 Å². The number of alkyl halides is 1. The summed E-state index contributed by atoms with van der Waals surface area (Å²) in [5.74, 6) is 1.39. The van der Waals surface area contributed by atoms with Gasteiger partial charge in [-0.25, -0.2) is 0 Å². The predicted octanol–water partition coefficient (Wildman–Crippen LogP) is 3.22. The molecule has 0 unspecified atom stereocenters. The number of hydrogen-bond donors (Lipinski definition) is 0. The lowest BCUT2D eigenvalue weighted by molar-refractivity contribution is 0.101. The summed E-state index contributed by atoms with van der Waals surface area (Å²) in [5, 5.41) is 0.959. The molecule has 0 aliphatic carbocycles. The zero-order chi connectivity index (χ0) is 14.5. The Labute approximate surface area is 127 Å². The van der Waals surface area contributed by atoms with Crippen LogP contribution in [-0.2, 0) is 0 Å². The van der Waals surface area contributed by atoms with Crippen molar-refractivity contribution in [2.75, 3.05) is 26.0 Å². The molecule has 0 amide bonds. The molecule has 20 heavy (non-hydrogen) atoms. The first-order valence-corrected chi connectivity index (χ1v) is 7.68. The van der Waals surface area contributed by atoms with Crippen molar-refractivity contribution in [3.63, 3.8) is 0 Å². The van der Waals surface area contributed by atoms with Crippen molar-refractivity contribution in [2.24, 2.45) is 0 Å². The molecule has 2 rings (SSSR count). The van der Waals surface area contributed by atoms with E-state index in [0.29, 0.717) is 29.4 Å². The smallest absolute Gasteiger partial charge is 0.237 e. The summed E-state index contributed by atoms with van der Waals surface area (Å²) >= 11 is 3.38. The van der Waals surface area contributed by atoms with Gasteiger partial charge in [0.15, 0.2) is 5.76 Å². The lowest BCUT2D eigenvalue weighted by Gasteiger charge is -2.07. The normalized spacial score (nSPS) is 15.2. The number of rotatable bonds is 6. The maximum Gasteiger partial charge on any atom is 0.237 e.